The lowest BCUT2D eigenvalue weighted by Gasteiger charge is -2.43. The second-order valence-corrected chi connectivity index (χ2v) is 9.59. The molecule has 4 heterocycles. The van der Waals surface area contributed by atoms with Crippen LogP contribution in [0.5, 0.6) is 0 Å². The third-order valence-electron chi connectivity index (χ3n) is 6.89. The first-order valence-corrected chi connectivity index (χ1v) is 12.1. The summed E-state index contributed by atoms with van der Waals surface area (Å²) in [6, 6.07) is 16.1. The van der Waals surface area contributed by atoms with Gasteiger partial charge in [-0.05, 0) is 48.9 Å². The predicted molar refractivity (Wildman–Crippen MR) is 137 cm³/mol. The quantitative estimate of drug-likeness (QED) is 0.398. The van der Waals surface area contributed by atoms with Gasteiger partial charge in [0.1, 0.15) is 0 Å². The minimum atomic E-state index is -2.86. The van der Waals surface area contributed by atoms with Crippen molar-refractivity contribution in [2.45, 2.75) is 38.4 Å². The summed E-state index contributed by atoms with van der Waals surface area (Å²) in [5.41, 5.74) is 4.09. The zero-order chi connectivity index (χ0) is 25.3. The summed E-state index contributed by atoms with van der Waals surface area (Å²) in [5, 5.41) is 0.645. The Hall–Kier alpha value is -3.65. The normalized spacial score (nSPS) is 17.6. The van der Waals surface area contributed by atoms with Crippen molar-refractivity contribution in [1.82, 2.24) is 19.4 Å². The van der Waals surface area contributed by atoms with Crippen LogP contribution in [0.25, 0.3) is 10.9 Å². The van der Waals surface area contributed by atoms with E-state index in [4.69, 9.17) is 0 Å². The number of para-hydroxylation sites is 1. The van der Waals surface area contributed by atoms with E-state index in [1.165, 1.54) is 0 Å². The number of anilines is 1. The molecule has 0 amide bonds. The highest BCUT2D eigenvalue weighted by Crippen LogP contribution is 2.33. The van der Waals surface area contributed by atoms with Crippen LogP contribution in [-0.2, 0) is 20.1 Å². The average molecular weight is 490 g/mol. The van der Waals surface area contributed by atoms with Crippen molar-refractivity contribution in [1.29, 1.82) is 0 Å². The fraction of sp³-hybridized carbons (Fsp3) is 0.321. The van der Waals surface area contributed by atoms with E-state index in [9.17, 15) is 4.79 Å². The maximum absolute atomic E-state index is 15.1. The number of hydrogen-bond donors (Lipinski definition) is 0. The molecule has 1 aliphatic rings. The van der Waals surface area contributed by atoms with Crippen LogP contribution >= 0.6 is 0 Å². The number of nitrogens with zero attached hydrogens (tertiary/aromatic N) is 5. The summed E-state index contributed by atoms with van der Waals surface area (Å²) in [6.45, 7) is 2.84. The Morgan fingerprint density at radius 3 is 2.69 bits per heavy atom. The predicted octanol–water partition coefficient (Wildman–Crippen LogP) is 4.55. The number of rotatable bonds is 6. The van der Waals surface area contributed by atoms with Gasteiger partial charge in [0, 0.05) is 74.4 Å². The Labute approximate surface area is 208 Å². The van der Waals surface area contributed by atoms with Gasteiger partial charge in [0.15, 0.2) is 5.43 Å². The van der Waals surface area contributed by atoms with Gasteiger partial charge in [0.25, 0.3) is 5.92 Å². The van der Waals surface area contributed by atoms with Gasteiger partial charge in [-0.15, -0.1) is 0 Å². The van der Waals surface area contributed by atoms with E-state index in [2.05, 4.69) is 14.9 Å². The number of aromatic nitrogens is 3. The summed E-state index contributed by atoms with van der Waals surface area (Å²) >= 11 is 0. The average Bonchev–Trinajstić information content (AvgIpc) is 2.86. The smallest absolute Gasteiger partial charge is 0.266 e. The molecule has 1 fully saturated rings. The van der Waals surface area contributed by atoms with E-state index in [0.717, 1.165) is 22.5 Å². The fourth-order valence-electron chi connectivity index (χ4n) is 5.12. The first-order valence-electron chi connectivity index (χ1n) is 12.1. The number of benzene rings is 1. The fourth-order valence-corrected chi connectivity index (χ4v) is 5.12. The molecule has 0 bridgehead atoms. The first kappa shape index (κ1) is 24.1. The second kappa shape index (κ2) is 9.78. The highest BCUT2D eigenvalue weighted by atomic mass is 19.3. The number of alkyl halides is 2. The van der Waals surface area contributed by atoms with Crippen LogP contribution < -0.4 is 10.3 Å². The van der Waals surface area contributed by atoms with Crippen LogP contribution in [0.2, 0.25) is 0 Å². The Kier molecular flexibility index (Phi) is 6.53. The number of aryl methyl sites for hydroxylation is 2. The molecule has 3 aromatic heterocycles. The van der Waals surface area contributed by atoms with Crippen LogP contribution in [0, 0.1) is 6.92 Å². The molecular formula is C28H29F2N5O. The van der Waals surface area contributed by atoms with E-state index >= 15 is 8.78 Å². The van der Waals surface area contributed by atoms with Gasteiger partial charge in [0.05, 0.1) is 23.9 Å². The van der Waals surface area contributed by atoms with E-state index in [0.29, 0.717) is 30.7 Å². The van der Waals surface area contributed by atoms with Crippen molar-refractivity contribution >= 4 is 16.6 Å². The third kappa shape index (κ3) is 5.14. The summed E-state index contributed by atoms with van der Waals surface area (Å²) in [5.74, 6) is -2.86. The highest BCUT2D eigenvalue weighted by Gasteiger charge is 2.42. The van der Waals surface area contributed by atoms with Crippen molar-refractivity contribution in [2.75, 3.05) is 18.0 Å². The number of hydrogen-bond acceptors (Lipinski definition) is 5. The molecule has 1 saturated heterocycles. The van der Waals surface area contributed by atoms with Crippen LogP contribution in [0.15, 0.2) is 78.0 Å². The van der Waals surface area contributed by atoms with Gasteiger partial charge in [-0.25, -0.2) is 8.78 Å². The van der Waals surface area contributed by atoms with Crippen molar-refractivity contribution in [3.05, 3.63) is 100 Å². The van der Waals surface area contributed by atoms with E-state index in [1.54, 1.807) is 35.6 Å². The van der Waals surface area contributed by atoms with Gasteiger partial charge < -0.3 is 9.47 Å². The second-order valence-electron chi connectivity index (χ2n) is 9.59. The molecule has 0 saturated carbocycles. The number of pyridine rings is 3. The molecule has 0 N–H and O–H groups in total. The molecule has 1 aliphatic heterocycles. The standard InChI is InChI=1S/C28H29F2N5O/c1-20-12-21(9-11-32-20)16-34(17-23-13-27(36)25-7-3-4-8-26(25)33(23)2)24-14-28(29,30)19-35(18-24)22-6-5-10-31-15-22/h3-13,15,24H,14,16-19H2,1-2H3. The molecule has 0 aliphatic carbocycles. The highest BCUT2D eigenvalue weighted by molar-refractivity contribution is 5.79. The van der Waals surface area contributed by atoms with Crippen molar-refractivity contribution in [3.8, 4) is 0 Å². The summed E-state index contributed by atoms with van der Waals surface area (Å²) < 4.78 is 32.2. The number of fused-ring (bicyclic) bond motifs is 1. The van der Waals surface area contributed by atoms with Crippen LogP contribution in [0.3, 0.4) is 0 Å². The molecule has 1 aromatic carbocycles. The number of piperidine rings is 1. The maximum atomic E-state index is 15.1. The minimum Gasteiger partial charge on any atom is -0.363 e. The zero-order valence-corrected chi connectivity index (χ0v) is 20.4. The maximum Gasteiger partial charge on any atom is 0.266 e. The van der Waals surface area contributed by atoms with Crippen LogP contribution in [0.4, 0.5) is 14.5 Å². The lowest BCUT2D eigenvalue weighted by Crippen LogP contribution is -2.55. The first-order chi connectivity index (χ1) is 17.3. The topological polar surface area (TPSA) is 54.3 Å². The molecule has 0 radical (unpaired) electrons. The summed E-state index contributed by atoms with van der Waals surface area (Å²) in [6.07, 6.45) is 4.75. The largest absolute Gasteiger partial charge is 0.363 e. The molecule has 5 rings (SSSR count). The summed E-state index contributed by atoms with van der Waals surface area (Å²) in [7, 11) is 1.92. The van der Waals surface area contributed by atoms with E-state index in [1.807, 2.05) is 61.0 Å². The van der Waals surface area contributed by atoms with E-state index < -0.39 is 12.0 Å². The Morgan fingerprint density at radius 2 is 1.92 bits per heavy atom. The Bertz CT molecular complexity index is 1420. The van der Waals surface area contributed by atoms with Gasteiger partial charge in [-0.1, -0.05) is 12.1 Å². The lowest BCUT2D eigenvalue weighted by atomic mass is 9.98. The van der Waals surface area contributed by atoms with Crippen molar-refractivity contribution in [2.24, 2.45) is 7.05 Å². The van der Waals surface area contributed by atoms with Crippen LogP contribution in [-0.4, -0.2) is 44.5 Å². The Balaban J connectivity index is 1.53. The van der Waals surface area contributed by atoms with Gasteiger partial charge in [-0.2, -0.15) is 0 Å². The Morgan fingerprint density at radius 1 is 1.08 bits per heavy atom. The molecule has 1 unspecified atom stereocenters. The lowest BCUT2D eigenvalue weighted by molar-refractivity contribution is -0.0443. The van der Waals surface area contributed by atoms with E-state index in [-0.39, 0.29) is 18.4 Å². The molecule has 8 heteroatoms. The van der Waals surface area contributed by atoms with Crippen LogP contribution in [0.1, 0.15) is 23.4 Å². The number of halogens is 2. The summed E-state index contributed by atoms with van der Waals surface area (Å²) in [4.78, 5) is 25.1. The molecular weight excluding hydrogens is 460 g/mol. The SMILES string of the molecule is Cc1cc(CN(Cc2cc(=O)c3ccccc3n2C)C2CN(c3cccnc3)CC(F)(F)C2)ccn1. The van der Waals surface area contributed by atoms with Crippen molar-refractivity contribution in [3.63, 3.8) is 0 Å². The van der Waals surface area contributed by atoms with Crippen molar-refractivity contribution < 1.29 is 8.78 Å². The van der Waals surface area contributed by atoms with Gasteiger partial charge >= 0.3 is 0 Å². The molecule has 36 heavy (non-hydrogen) atoms. The molecule has 6 nitrogen and oxygen atoms in total. The monoisotopic (exact) mass is 489 g/mol. The molecule has 1 atom stereocenters. The minimum absolute atomic E-state index is 0.0654. The third-order valence-corrected chi connectivity index (χ3v) is 6.89. The van der Waals surface area contributed by atoms with Gasteiger partial charge in [0.2, 0.25) is 0 Å². The van der Waals surface area contributed by atoms with Gasteiger partial charge in [-0.3, -0.25) is 19.7 Å². The molecule has 4 aromatic rings. The zero-order valence-electron chi connectivity index (χ0n) is 20.4. The molecule has 0 spiro atoms. The molecule has 186 valence electrons.